The van der Waals surface area contributed by atoms with Crippen molar-refractivity contribution in [2.75, 3.05) is 0 Å². The van der Waals surface area contributed by atoms with Gasteiger partial charge in [-0.15, -0.1) is 0 Å². The van der Waals surface area contributed by atoms with Gasteiger partial charge in [0.1, 0.15) is 0 Å². The number of nitrogens with one attached hydrogen (secondary N) is 1. The molecule has 0 aliphatic carbocycles. The zero-order chi connectivity index (χ0) is 15.0. The van der Waals surface area contributed by atoms with Gasteiger partial charge >= 0.3 is 134 Å². The van der Waals surface area contributed by atoms with Crippen LogP contribution in [0.4, 0.5) is 0 Å². The molecule has 0 saturated carbocycles. The Labute approximate surface area is 134 Å². The molecule has 0 saturated heterocycles. The summed E-state index contributed by atoms with van der Waals surface area (Å²) in [5, 5.41) is 4.90. The maximum absolute atomic E-state index is 3.92. The fourth-order valence-corrected chi connectivity index (χ4v) is 4.38. The normalized spacial score (nSPS) is 13.6. The Balaban J connectivity index is 1.93. The topological polar surface area (TPSA) is 12.0 Å². The van der Waals surface area contributed by atoms with Gasteiger partial charge in [-0.1, -0.05) is 0 Å². The van der Waals surface area contributed by atoms with Crippen LogP contribution in [0.25, 0.3) is 0 Å². The van der Waals surface area contributed by atoms with Crippen molar-refractivity contribution in [3.8, 4) is 0 Å². The summed E-state index contributed by atoms with van der Waals surface area (Å²) in [5.41, 5.74) is 1.45. The minimum atomic E-state index is 0.118. The zero-order valence-electron chi connectivity index (χ0n) is 12.6. The third-order valence-corrected chi connectivity index (χ3v) is 6.37. The molecule has 0 fully saturated rings. The third kappa shape index (κ3) is 5.51. The van der Waals surface area contributed by atoms with Crippen molar-refractivity contribution in [2.45, 2.75) is 30.7 Å². The minimum absolute atomic E-state index is 0.118. The molecular formula is C19H23NSe. The van der Waals surface area contributed by atoms with Crippen LogP contribution in [-0.4, -0.2) is 20.5 Å². The summed E-state index contributed by atoms with van der Waals surface area (Å²) >= 11 is 0.489. The average molecular weight is 344 g/mol. The van der Waals surface area contributed by atoms with E-state index in [-0.39, 0.29) is 5.54 Å². The van der Waals surface area contributed by atoms with Crippen LogP contribution in [0.15, 0.2) is 73.3 Å². The van der Waals surface area contributed by atoms with E-state index < -0.39 is 0 Å². The van der Waals surface area contributed by atoms with Crippen LogP contribution < -0.4 is 9.78 Å². The quantitative estimate of drug-likeness (QED) is 0.570. The second kappa shape index (κ2) is 8.19. The molecule has 0 bridgehead atoms. The van der Waals surface area contributed by atoms with Gasteiger partial charge in [-0.2, -0.15) is 0 Å². The SMILES string of the molecule is C=CC[C@@](C)(C[Se]c1ccccc1)NCc1ccccc1. The van der Waals surface area contributed by atoms with Crippen LogP contribution >= 0.6 is 0 Å². The summed E-state index contributed by atoms with van der Waals surface area (Å²) in [6.07, 6.45) is 3.02. The zero-order valence-corrected chi connectivity index (χ0v) is 14.3. The van der Waals surface area contributed by atoms with Gasteiger partial charge < -0.3 is 0 Å². The number of benzene rings is 2. The molecule has 0 aliphatic heterocycles. The summed E-state index contributed by atoms with van der Waals surface area (Å²) in [7, 11) is 0. The van der Waals surface area contributed by atoms with E-state index in [1.165, 1.54) is 15.3 Å². The molecule has 2 aromatic rings. The predicted octanol–water partition coefficient (Wildman–Crippen LogP) is 3.56. The number of hydrogen-bond acceptors (Lipinski definition) is 1. The van der Waals surface area contributed by atoms with Gasteiger partial charge in [0.05, 0.1) is 0 Å². The van der Waals surface area contributed by atoms with Crippen molar-refractivity contribution in [3.63, 3.8) is 0 Å². The molecule has 1 N–H and O–H groups in total. The van der Waals surface area contributed by atoms with Gasteiger partial charge in [-0.3, -0.25) is 0 Å². The first-order valence-electron chi connectivity index (χ1n) is 7.29. The Morgan fingerprint density at radius 3 is 2.29 bits per heavy atom. The fraction of sp³-hybridized carbons (Fsp3) is 0.263. The molecule has 0 unspecified atom stereocenters. The molecule has 0 amide bonds. The van der Waals surface area contributed by atoms with Crippen LogP contribution in [0.5, 0.6) is 0 Å². The second-order valence-electron chi connectivity index (χ2n) is 5.49. The summed E-state index contributed by atoms with van der Waals surface area (Å²) in [4.78, 5) is 0. The molecule has 21 heavy (non-hydrogen) atoms. The van der Waals surface area contributed by atoms with Gasteiger partial charge in [-0.25, -0.2) is 0 Å². The van der Waals surface area contributed by atoms with E-state index >= 15 is 0 Å². The van der Waals surface area contributed by atoms with Crippen molar-refractivity contribution >= 4 is 19.4 Å². The standard InChI is InChI=1S/C19H23NSe/c1-3-14-19(2,16-21-18-12-8-5-9-13-18)20-15-17-10-6-4-7-11-17/h3-13,20H,1,14-16H2,2H3/t19-/m0/s1. The van der Waals surface area contributed by atoms with E-state index in [4.69, 9.17) is 0 Å². The second-order valence-corrected chi connectivity index (χ2v) is 7.69. The Kier molecular flexibility index (Phi) is 6.25. The summed E-state index contributed by atoms with van der Waals surface area (Å²) in [6.45, 7) is 7.14. The third-order valence-electron chi connectivity index (χ3n) is 3.46. The molecule has 0 spiro atoms. The van der Waals surface area contributed by atoms with Gasteiger partial charge in [0.15, 0.2) is 0 Å². The molecule has 2 rings (SSSR count). The van der Waals surface area contributed by atoms with E-state index in [1.54, 1.807) is 0 Å². The number of rotatable bonds is 8. The van der Waals surface area contributed by atoms with Crippen LogP contribution in [0, 0.1) is 0 Å². The molecule has 110 valence electrons. The van der Waals surface area contributed by atoms with Gasteiger partial charge in [-0.05, 0) is 0 Å². The molecule has 0 aliphatic rings. The molecule has 2 aromatic carbocycles. The first-order valence-corrected chi connectivity index (χ1v) is 9.36. The van der Waals surface area contributed by atoms with Crippen LogP contribution in [0.1, 0.15) is 18.9 Å². The van der Waals surface area contributed by atoms with Crippen LogP contribution in [0.3, 0.4) is 0 Å². The Hall–Kier alpha value is -1.34. The summed E-state index contributed by atoms with van der Waals surface area (Å²) in [6, 6.07) is 21.4. The molecule has 0 heterocycles. The molecule has 2 heteroatoms. The number of hydrogen-bond donors (Lipinski definition) is 1. The monoisotopic (exact) mass is 345 g/mol. The van der Waals surface area contributed by atoms with E-state index in [0.717, 1.165) is 13.0 Å². The maximum atomic E-state index is 3.92. The van der Waals surface area contributed by atoms with E-state index in [1.807, 2.05) is 6.08 Å². The molecule has 0 radical (unpaired) electrons. The predicted molar refractivity (Wildman–Crippen MR) is 93.1 cm³/mol. The van der Waals surface area contributed by atoms with Gasteiger partial charge in [0, 0.05) is 0 Å². The molecule has 1 nitrogen and oxygen atoms in total. The van der Waals surface area contributed by atoms with Crippen molar-refractivity contribution in [1.29, 1.82) is 0 Å². The van der Waals surface area contributed by atoms with E-state index in [2.05, 4.69) is 79.5 Å². The first-order chi connectivity index (χ1) is 10.2. The van der Waals surface area contributed by atoms with Crippen molar-refractivity contribution in [1.82, 2.24) is 5.32 Å². The van der Waals surface area contributed by atoms with Crippen LogP contribution in [0.2, 0.25) is 5.32 Å². The van der Waals surface area contributed by atoms with Crippen molar-refractivity contribution < 1.29 is 0 Å². The van der Waals surface area contributed by atoms with Crippen LogP contribution in [-0.2, 0) is 6.54 Å². The van der Waals surface area contributed by atoms with Gasteiger partial charge in [0.25, 0.3) is 0 Å². The Morgan fingerprint density at radius 2 is 1.67 bits per heavy atom. The molecular weight excluding hydrogens is 321 g/mol. The molecule has 0 aromatic heterocycles. The Morgan fingerprint density at radius 1 is 1.05 bits per heavy atom. The van der Waals surface area contributed by atoms with Gasteiger partial charge in [0.2, 0.25) is 0 Å². The Bertz CT molecular complexity index is 493. The molecule has 1 atom stereocenters. The van der Waals surface area contributed by atoms with Crippen molar-refractivity contribution in [2.24, 2.45) is 0 Å². The first kappa shape index (κ1) is 16.0. The van der Waals surface area contributed by atoms with E-state index in [9.17, 15) is 0 Å². The summed E-state index contributed by atoms with van der Waals surface area (Å²) < 4.78 is 1.46. The summed E-state index contributed by atoms with van der Waals surface area (Å²) in [5.74, 6) is 0. The average Bonchev–Trinajstić information content (AvgIpc) is 2.54. The van der Waals surface area contributed by atoms with Crippen molar-refractivity contribution in [3.05, 3.63) is 78.9 Å². The van der Waals surface area contributed by atoms with E-state index in [0.29, 0.717) is 15.0 Å². The fourth-order valence-electron chi connectivity index (χ4n) is 2.17.